The van der Waals surface area contributed by atoms with E-state index in [1.165, 1.54) is 0 Å². The quantitative estimate of drug-likeness (QED) is 0.777. The number of nitrogens with zero attached hydrogens (tertiary/aromatic N) is 3. The molecule has 0 unspecified atom stereocenters. The minimum absolute atomic E-state index is 0.0612. The zero-order chi connectivity index (χ0) is 13.6. The second kappa shape index (κ2) is 6.37. The van der Waals surface area contributed by atoms with Crippen LogP contribution < -0.4 is 15.4 Å². The molecule has 1 rings (SSSR count). The van der Waals surface area contributed by atoms with Gasteiger partial charge < -0.3 is 15.4 Å². The molecule has 1 heterocycles. The van der Waals surface area contributed by atoms with Crippen LogP contribution in [0.15, 0.2) is 0 Å². The lowest BCUT2D eigenvalue weighted by atomic mass is 10.0. The van der Waals surface area contributed by atoms with E-state index < -0.39 is 0 Å². The molecule has 0 spiro atoms. The third-order valence-corrected chi connectivity index (χ3v) is 2.56. The lowest BCUT2D eigenvalue weighted by Crippen LogP contribution is -2.31. The molecule has 102 valence electrons. The Balaban J connectivity index is 2.95. The van der Waals surface area contributed by atoms with Crippen molar-refractivity contribution in [1.29, 1.82) is 0 Å². The van der Waals surface area contributed by atoms with Gasteiger partial charge in [0, 0.05) is 12.1 Å². The number of ether oxygens (including phenoxy) is 1. The molecular weight excluding hydrogens is 230 g/mol. The van der Waals surface area contributed by atoms with Crippen molar-refractivity contribution in [3.63, 3.8) is 0 Å². The summed E-state index contributed by atoms with van der Waals surface area (Å²) in [6.07, 6.45) is 0.971. The Morgan fingerprint density at radius 3 is 2.28 bits per heavy atom. The zero-order valence-electron chi connectivity index (χ0n) is 11.9. The molecule has 0 radical (unpaired) electrons. The number of nitrogens with one attached hydrogen (secondary N) is 2. The largest absolute Gasteiger partial charge is 0.464 e. The van der Waals surface area contributed by atoms with Gasteiger partial charge in [-0.15, -0.1) is 0 Å². The maximum Gasteiger partial charge on any atom is 0.323 e. The third-order valence-electron chi connectivity index (χ3n) is 2.56. The summed E-state index contributed by atoms with van der Waals surface area (Å²) in [5.41, 5.74) is -0.0612. The summed E-state index contributed by atoms with van der Waals surface area (Å²) >= 11 is 0. The molecule has 1 aromatic heterocycles. The van der Waals surface area contributed by atoms with Crippen LogP contribution in [0, 0.1) is 0 Å². The van der Waals surface area contributed by atoms with Gasteiger partial charge in [0.05, 0.1) is 6.61 Å². The van der Waals surface area contributed by atoms with E-state index in [-0.39, 0.29) is 5.54 Å². The van der Waals surface area contributed by atoms with Crippen molar-refractivity contribution < 1.29 is 4.74 Å². The third kappa shape index (κ3) is 4.35. The number of anilines is 2. The standard InChI is InChI=1S/C12H23N5O/c1-6-12(4,5)17-10-14-9(13-7-2)15-11(16-10)18-8-3/h6-8H2,1-5H3,(H2,13,14,15,16,17). The molecule has 0 amide bonds. The maximum absolute atomic E-state index is 5.34. The first-order valence-corrected chi connectivity index (χ1v) is 6.41. The molecule has 18 heavy (non-hydrogen) atoms. The van der Waals surface area contributed by atoms with Gasteiger partial charge in [-0.05, 0) is 34.1 Å². The fraction of sp³-hybridized carbons (Fsp3) is 0.750. The predicted molar refractivity (Wildman–Crippen MR) is 73.2 cm³/mol. The topological polar surface area (TPSA) is 72.0 Å². The van der Waals surface area contributed by atoms with E-state index in [1.807, 2.05) is 13.8 Å². The van der Waals surface area contributed by atoms with Crippen molar-refractivity contribution in [3.05, 3.63) is 0 Å². The van der Waals surface area contributed by atoms with Crippen LogP contribution in [0.3, 0.4) is 0 Å². The van der Waals surface area contributed by atoms with Crippen molar-refractivity contribution in [2.24, 2.45) is 0 Å². The summed E-state index contributed by atoms with van der Waals surface area (Å²) in [6.45, 7) is 11.5. The highest BCUT2D eigenvalue weighted by atomic mass is 16.5. The van der Waals surface area contributed by atoms with E-state index >= 15 is 0 Å². The van der Waals surface area contributed by atoms with Crippen LogP contribution in [0.5, 0.6) is 6.01 Å². The zero-order valence-corrected chi connectivity index (χ0v) is 11.9. The highest BCUT2D eigenvalue weighted by molar-refractivity contribution is 5.37. The van der Waals surface area contributed by atoms with Crippen LogP contribution in [0.25, 0.3) is 0 Å². The first kappa shape index (κ1) is 14.5. The van der Waals surface area contributed by atoms with Gasteiger partial charge in [-0.3, -0.25) is 0 Å². The Morgan fingerprint density at radius 2 is 1.72 bits per heavy atom. The molecule has 1 aromatic rings. The normalized spacial score (nSPS) is 11.2. The Morgan fingerprint density at radius 1 is 1.06 bits per heavy atom. The molecule has 0 bridgehead atoms. The smallest absolute Gasteiger partial charge is 0.323 e. The number of rotatable bonds is 7. The second-order valence-electron chi connectivity index (χ2n) is 4.59. The Kier molecular flexibility index (Phi) is 5.12. The number of hydrogen-bond acceptors (Lipinski definition) is 6. The lowest BCUT2D eigenvalue weighted by molar-refractivity contribution is 0.312. The second-order valence-corrected chi connectivity index (χ2v) is 4.59. The molecule has 6 heteroatoms. The van der Waals surface area contributed by atoms with E-state index in [4.69, 9.17) is 4.74 Å². The highest BCUT2D eigenvalue weighted by Gasteiger charge is 2.17. The summed E-state index contributed by atoms with van der Waals surface area (Å²) in [4.78, 5) is 12.7. The minimum Gasteiger partial charge on any atom is -0.464 e. The van der Waals surface area contributed by atoms with Crippen LogP contribution in [0.4, 0.5) is 11.9 Å². The Bertz CT molecular complexity index is 356. The average Bonchev–Trinajstić information content (AvgIpc) is 2.29. The molecule has 0 aliphatic carbocycles. The van der Waals surface area contributed by atoms with Crippen molar-refractivity contribution in [1.82, 2.24) is 15.0 Å². The molecule has 6 nitrogen and oxygen atoms in total. The first-order chi connectivity index (χ1) is 8.50. The fourth-order valence-corrected chi connectivity index (χ4v) is 1.23. The van der Waals surface area contributed by atoms with E-state index in [1.54, 1.807) is 0 Å². The predicted octanol–water partition coefficient (Wildman–Crippen LogP) is 2.30. The van der Waals surface area contributed by atoms with Crippen molar-refractivity contribution in [2.45, 2.75) is 46.6 Å². The fourth-order valence-electron chi connectivity index (χ4n) is 1.23. The van der Waals surface area contributed by atoms with Crippen molar-refractivity contribution >= 4 is 11.9 Å². The van der Waals surface area contributed by atoms with Crippen LogP contribution in [0.1, 0.15) is 41.0 Å². The molecule has 0 aliphatic rings. The van der Waals surface area contributed by atoms with Gasteiger partial charge in [-0.1, -0.05) is 6.92 Å². The van der Waals surface area contributed by atoms with E-state index in [0.717, 1.165) is 13.0 Å². The first-order valence-electron chi connectivity index (χ1n) is 6.41. The monoisotopic (exact) mass is 253 g/mol. The lowest BCUT2D eigenvalue weighted by Gasteiger charge is -2.24. The van der Waals surface area contributed by atoms with Crippen molar-refractivity contribution in [2.75, 3.05) is 23.8 Å². The van der Waals surface area contributed by atoms with Gasteiger partial charge in [-0.25, -0.2) is 0 Å². The van der Waals surface area contributed by atoms with Crippen LogP contribution in [-0.2, 0) is 0 Å². The Labute approximate surface area is 109 Å². The molecule has 0 saturated heterocycles. The Hall–Kier alpha value is -1.59. The van der Waals surface area contributed by atoms with Gasteiger partial charge in [0.15, 0.2) is 0 Å². The summed E-state index contributed by atoms with van der Waals surface area (Å²) < 4.78 is 5.34. The van der Waals surface area contributed by atoms with Crippen LogP contribution in [-0.4, -0.2) is 33.6 Å². The number of aromatic nitrogens is 3. The summed E-state index contributed by atoms with van der Waals surface area (Å²) in [7, 11) is 0. The van der Waals surface area contributed by atoms with Crippen LogP contribution in [0.2, 0.25) is 0 Å². The van der Waals surface area contributed by atoms with Gasteiger partial charge >= 0.3 is 6.01 Å². The molecule has 0 aromatic carbocycles. The number of hydrogen-bond donors (Lipinski definition) is 2. The van der Waals surface area contributed by atoms with E-state index in [9.17, 15) is 0 Å². The molecule has 0 aliphatic heterocycles. The van der Waals surface area contributed by atoms with Gasteiger partial charge in [0.1, 0.15) is 0 Å². The van der Waals surface area contributed by atoms with Gasteiger partial charge in [-0.2, -0.15) is 15.0 Å². The summed E-state index contributed by atoms with van der Waals surface area (Å²) in [5.74, 6) is 1.07. The minimum atomic E-state index is -0.0612. The SMILES string of the molecule is CCNc1nc(NC(C)(C)CC)nc(OCC)n1. The maximum atomic E-state index is 5.34. The molecule has 0 atom stereocenters. The molecule has 2 N–H and O–H groups in total. The molecule has 0 fully saturated rings. The van der Waals surface area contributed by atoms with E-state index in [2.05, 4.69) is 46.4 Å². The van der Waals surface area contributed by atoms with Crippen LogP contribution >= 0.6 is 0 Å². The highest BCUT2D eigenvalue weighted by Crippen LogP contribution is 2.17. The summed E-state index contributed by atoms with van der Waals surface area (Å²) in [5, 5.41) is 6.35. The summed E-state index contributed by atoms with van der Waals surface area (Å²) in [6, 6.07) is 0.345. The van der Waals surface area contributed by atoms with Crippen molar-refractivity contribution in [3.8, 4) is 6.01 Å². The molecule has 0 saturated carbocycles. The average molecular weight is 253 g/mol. The van der Waals surface area contributed by atoms with Gasteiger partial charge in [0.2, 0.25) is 11.9 Å². The van der Waals surface area contributed by atoms with Gasteiger partial charge in [0.25, 0.3) is 0 Å². The van der Waals surface area contributed by atoms with E-state index in [0.29, 0.717) is 24.5 Å². The molecular formula is C12H23N5O.